The van der Waals surface area contributed by atoms with E-state index in [1.807, 2.05) is 6.92 Å². The fraction of sp³-hybridized carbons (Fsp3) is 0.533. The van der Waals surface area contributed by atoms with Gasteiger partial charge in [0.05, 0.1) is 41.9 Å². The van der Waals surface area contributed by atoms with E-state index >= 15 is 0 Å². The lowest BCUT2D eigenvalue weighted by molar-refractivity contribution is -0.143. The molecule has 2 aromatic heterocycles. The van der Waals surface area contributed by atoms with Gasteiger partial charge < -0.3 is 14.5 Å². The van der Waals surface area contributed by atoms with Gasteiger partial charge in [0.15, 0.2) is 21.4 Å². The summed E-state index contributed by atoms with van der Waals surface area (Å²) in [6.45, 7) is 4.51. The molecule has 1 aromatic carbocycles. The zero-order valence-electron chi connectivity index (χ0n) is 25.6. The Balaban J connectivity index is 1.74. The van der Waals surface area contributed by atoms with E-state index in [0.717, 1.165) is 38.5 Å². The molecule has 1 atom stereocenters. The molecule has 0 aliphatic heterocycles. The first-order valence-electron chi connectivity index (χ1n) is 14.8. The van der Waals surface area contributed by atoms with Crippen molar-refractivity contribution in [2.45, 2.75) is 64.5 Å². The summed E-state index contributed by atoms with van der Waals surface area (Å²) in [4.78, 5) is 21.2. The van der Waals surface area contributed by atoms with Crippen LogP contribution in [0.2, 0.25) is 0 Å². The van der Waals surface area contributed by atoms with E-state index in [1.165, 1.54) is 36.6 Å². The van der Waals surface area contributed by atoms with Crippen molar-refractivity contribution in [1.82, 2.24) is 19.9 Å². The highest BCUT2D eigenvalue weighted by atomic mass is 32.2. The molecule has 252 valence electrons. The summed E-state index contributed by atoms with van der Waals surface area (Å²) in [5.41, 5.74) is -2.69. The molecule has 0 spiro atoms. The Bertz CT molecular complexity index is 1530. The summed E-state index contributed by atoms with van der Waals surface area (Å²) < 4.78 is 111. The summed E-state index contributed by atoms with van der Waals surface area (Å²) in [6, 6.07) is 0.361. The van der Waals surface area contributed by atoms with Crippen molar-refractivity contribution in [3.05, 3.63) is 65.4 Å². The standard InChI is InChI=1S/C30H36F6N6O3S/c1-4-41(18-21-7-5-6-8-21)27-26(37-9-10-38-27)19-42(28-39-16-25(17-40-28)45-11-12-46(3,43)44)20(2)22-13-23(29(31,32)33)15-24(14-22)30(34,35)36/h9-10,13-17,20-21H,4-8,11-12,18-19H2,1-3H3. The van der Waals surface area contributed by atoms with Crippen LogP contribution in [-0.4, -0.2) is 60.1 Å². The van der Waals surface area contributed by atoms with Crippen molar-refractivity contribution in [2.75, 3.05) is 41.5 Å². The number of alkyl halides is 6. The molecule has 1 saturated carbocycles. The first-order valence-corrected chi connectivity index (χ1v) is 16.8. The second kappa shape index (κ2) is 14.4. The van der Waals surface area contributed by atoms with Crippen LogP contribution in [0.15, 0.2) is 43.0 Å². The maximum atomic E-state index is 13.8. The lowest BCUT2D eigenvalue weighted by atomic mass is 9.99. The molecular weight excluding hydrogens is 638 g/mol. The second-order valence-electron chi connectivity index (χ2n) is 11.4. The van der Waals surface area contributed by atoms with Crippen LogP contribution in [0.1, 0.15) is 68.0 Å². The van der Waals surface area contributed by atoms with Gasteiger partial charge in [-0.25, -0.2) is 23.4 Å². The molecule has 3 aromatic rings. The Kier molecular flexibility index (Phi) is 11.0. The summed E-state index contributed by atoms with van der Waals surface area (Å²) >= 11 is 0. The monoisotopic (exact) mass is 674 g/mol. The van der Waals surface area contributed by atoms with Crippen LogP contribution in [0.5, 0.6) is 5.75 Å². The van der Waals surface area contributed by atoms with Gasteiger partial charge in [0, 0.05) is 31.7 Å². The van der Waals surface area contributed by atoms with E-state index in [1.54, 1.807) is 0 Å². The number of halogens is 6. The molecule has 2 heterocycles. The van der Waals surface area contributed by atoms with E-state index in [0.29, 0.717) is 36.1 Å². The first-order chi connectivity index (χ1) is 21.5. The molecule has 0 saturated heterocycles. The number of aromatic nitrogens is 4. The van der Waals surface area contributed by atoms with Crippen LogP contribution in [0, 0.1) is 5.92 Å². The van der Waals surface area contributed by atoms with Crippen molar-refractivity contribution >= 4 is 21.6 Å². The molecule has 0 radical (unpaired) electrons. The minimum atomic E-state index is -5.03. The van der Waals surface area contributed by atoms with E-state index in [2.05, 4.69) is 24.8 Å². The number of rotatable bonds is 13. The summed E-state index contributed by atoms with van der Waals surface area (Å²) in [5, 5.41) is 0. The van der Waals surface area contributed by atoms with Crippen molar-refractivity contribution in [2.24, 2.45) is 5.92 Å². The number of sulfone groups is 1. The number of hydrogen-bond donors (Lipinski definition) is 0. The van der Waals surface area contributed by atoms with E-state index in [9.17, 15) is 34.8 Å². The summed E-state index contributed by atoms with van der Waals surface area (Å²) in [5.74, 6) is 0.875. The van der Waals surface area contributed by atoms with Gasteiger partial charge in [-0.05, 0) is 56.4 Å². The van der Waals surface area contributed by atoms with Crippen LogP contribution in [-0.2, 0) is 28.7 Å². The summed E-state index contributed by atoms with van der Waals surface area (Å²) in [7, 11) is -3.29. The van der Waals surface area contributed by atoms with Crippen LogP contribution in [0.25, 0.3) is 0 Å². The predicted octanol–water partition coefficient (Wildman–Crippen LogP) is 6.51. The average molecular weight is 675 g/mol. The number of anilines is 2. The molecule has 1 aliphatic rings. The molecule has 16 heteroatoms. The maximum absolute atomic E-state index is 13.8. The summed E-state index contributed by atoms with van der Waals surface area (Å²) in [6.07, 6.45) is 0.971. The lowest BCUT2D eigenvalue weighted by Gasteiger charge is -2.32. The Morgan fingerprint density at radius 2 is 1.52 bits per heavy atom. The van der Waals surface area contributed by atoms with Crippen LogP contribution >= 0.6 is 0 Å². The van der Waals surface area contributed by atoms with Crippen LogP contribution in [0.3, 0.4) is 0 Å². The van der Waals surface area contributed by atoms with Gasteiger partial charge in [-0.15, -0.1) is 0 Å². The normalized spacial score (nSPS) is 15.2. The van der Waals surface area contributed by atoms with E-state index in [-0.39, 0.29) is 42.2 Å². The Hall–Kier alpha value is -3.69. The molecule has 0 amide bonds. The molecule has 4 rings (SSSR count). The van der Waals surface area contributed by atoms with Crippen molar-refractivity contribution in [3.8, 4) is 5.75 Å². The first kappa shape index (κ1) is 35.2. The van der Waals surface area contributed by atoms with Gasteiger partial charge in [0.25, 0.3) is 0 Å². The zero-order chi connectivity index (χ0) is 33.7. The van der Waals surface area contributed by atoms with Crippen LogP contribution < -0.4 is 14.5 Å². The average Bonchev–Trinajstić information content (AvgIpc) is 3.51. The molecule has 46 heavy (non-hydrogen) atoms. The van der Waals surface area contributed by atoms with Gasteiger partial charge >= 0.3 is 12.4 Å². The third kappa shape index (κ3) is 9.42. The highest BCUT2D eigenvalue weighted by Gasteiger charge is 2.38. The molecule has 1 aliphatic carbocycles. The molecule has 0 bridgehead atoms. The highest BCUT2D eigenvalue weighted by Crippen LogP contribution is 2.39. The van der Waals surface area contributed by atoms with Gasteiger partial charge in [0.2, 0.25) is 5.95 Å². The third-order valence-electron chi connectivity index (χ3n) is 7.86. The number of ether oxygens (including phenoxy) is 1. The van der Waals surface area contributed by atoms with Crippen molar-refractivity contribution in [1.29, 1.82) is 0 Å². The molecule has 0 N–H and O–H groups in total. The SMILES string of the molecule is CCN(CC1CCCC1)c1nccnc1CN(c1ncc(OCCS(C)(=O)=O)cn1)C(C)c1cc(C(F)(F)F)cc(C(F)(F)F)c1. The minimum absolute atomic E-state index is 0.0237. The maximum Gasteiger partial charge on any atom is 0.416 e. The third-order valence-corrected chi connectivity index (χ3v) is 8.77. The van der Waals surface area contributed by atoms with E-state index < -0.39 is 39.4 Å². The molecule has 9 nitrogen and oxygen atoms in total. The minimum Gasteiger partial charge on any atom is -0.489 e. The highest BCUT2D eigenvalue weighted by molar-refractivity contribution is 7.90. The Morgan fingerprint density at radius 3 is 2.07 bits per heavy atom. The van der Waals surface area contributed by atoms with Crippen LogP contribution in [0.4, 0.5) is 38.1 Å². The van der Waals surface area contributed by atoms with Gasteiger partial charge in [-0.1, -0.05) is 12.8 Å². The van der Waals surface area contributed by atoms with Crippen molar-refractivity contribution < 1.29 is 39.5 Å². The lowest BCUT2D eigenvalue weighted by Crippen LogP contribution is -2.33. The van der Waals surface area contributed by atoms with Crippen molar-refractivity contribution in [3.63, 3.8) is 0 Å². The Labute approximate surface area is 264 Å². The fourth-order valence-electron chi connectivity index (χ4n) is 5.39. The molecule has 1 unspecified atom stereocenters. The smallest absolute Gasteiger partial charge is 0.416 e. The predicted molar refractivity (Wildman–Crippen MR) is 160 cm³/mol. The number of benzene rings is 1. The largest absolute Gasteiger partial charge is 0.489 e. The van der Waals surface area contributed by atoms with E-state index in [4.69, 9.17) is 4.74 Å². The molecule has 1 fully saturated rings. The number of nitrogens with zero attached hydrogens (tertiary/aromatic N) is 6. The molecular formula is C30H36F6N6O3S. The zero-order valence-corrected chi connectivity index (χ0v) is 26.5. The van der Waals surface area contributed by atoms with Gasteiger partial charge in [-0.3, -0.25) is 4.98 Å². The van der Waals surface area contributed by atoms with Gasteiger partial charge in [-0.2, -0.15) is 26.3 Å². The fourth-order valence-corrected chi connectivity index (χ4v) is 5.78. The quantitative estimate of drug-likeness (QED) is 0.188. The topological polar surface area (TPSA) is 101 Å². The van der Waals surface area contributed by atoms with Gasteiger partial charge in [0.1, 0.15) is 12.3 Å². The second-order valence-corrected chi connectivity index (χ2v) is 13.6. The number of hydrogen-bond acceptors (Lipinski definition) is 9. The Morgan fingerprint density at radius 1 is 0.935 bits per heavy atom.